The number of hydrogen-bond acceptors (Lipinski definition) is 4. The van der Waals surface area contributed by atoms with Gasteiger partial charge in [-0.25, -0.2) is 4.98 Å². The molecule has 0 bridgehead atoms. The molecule has 1 heterocycles. The fourth-order valence-electron chi connectivity index (χ4n) is 1.97. The van der Waals surface area contributed by atoms with Crippen LogP contribution < -0.4 is 10.2 Å². The van der Waals surface area contributed by atoms with Gasteiger partial charge in [-0.3, -0.25) is 0 Å². The van der Waals surface area contributed by atoms with E-state index in [0.717, 1.165) is 42.2 Å². The van der Waals surface area contributed by atoms with Crippen molar-refractivity contribution in [3.8, 4) is 0 Å². The number of aromatic nitrogens is 2. The third-order valence-electron chi connectivity index (χ3n) is 3.41. The molecule has 0 aliphatic rings. The lowest BCUT2D eigenvalue weighted by molar-refractivity contribution is 0.588. The molecule has 0 spiro atoms. The molecule has 5 heteroatoms. The minimum atomic E-state index is 0.478. The number of nitrogens with one attached hydrogen (secondary N) is 1. The largest absolute Gasteiger partial charge is 0.354 e. The molecule has 0 saturated heterocycles. The summed E-state index contributed by atoms with van der Waals surface area (Å²) in [5.74, 6) is 1.72. The normalized spacial score (nSPS) is 12.2. The van der Waals surface area contributed by atoms with Gasteiger partial charge in [0.1, 0.15) is 5.82 Å². The van der Waals surface area contributed by atoms with Crippen LogP contribution in [-0.4, -0.2) is 29.1 Å². The third-order valence-corrected chi connectivity index (χ3v) is 3.97. The van der Waals surface area contributed by atoms with Crippen LogP contribution in [0.1, 0.15) is 53.4 Å². The molecule has 1 aromatic heterocycles. The molecule has 0 aliphatic heterocycles. The van der Waals surface area contributed by atoms with Crippen LogP contribution in [0.4, 0.5) is 11.8 Å². The van der Waals surface area contributed by atoms with Gasteiger partial charge in [-0.05, 0) is 42.1 Å². The zero-order chi connectivity index (χ0) is 15.0. The van der Waals surface area contributed by atoms with Crippen molar-refractivity contribution in [3.63, 3.8) is 0 Å². The molecule has 114 valence electrons. The minimum Gasteiger partial charge on any atom is -0.354 e. The Labute approximate surface area is 131 Å². The van der Waals surface area contributed by atoms with Gasteiger partial charge in [0.15, 0.2) is 0 Å². The van der Waals surface area contributed by atoms with Crippen molar-refractivity contribution >= 4 is 27.7 Å². The Morgan fingerprint density at radius 3 is 2.65 bits per heavy atom. The number of hydrogen-bond donors (Lipinski definition) is 1. The molecule has 0 radical (unpaired) electrons. The Kier molecular flexibility index (Phi) is 7.88. The van der Waals surface area contributed by atoms with Crippen LogP contribution in [0.5, 0.6) is 0 Å². The quantitative estimate of drug-likeness (QED) is 0.718. The lowest BCUT2D eigenvalue weighted by Crippen LogP contribution is -2.34. The second-order valence-electron chi connectivity index (χ2n) is 5.10. The molecule has 1 aromatic rings. The van der Waals surface area contributed by atoms with Gasteiger partial charge in [0, 0.05) is 25.3 Å². The monoisotopic (exact) mass is 342 g/mol. The van der Waals surface area contributed by atoms with E-state index in [1.807, 2.05) is 6.20 Å². The van der Waals surface area contributed by atoms with Crippen molar-refractivity contribution in [2.45, 2.75) is 59.4 Å². The zero-order valence-corrected chi connectivity index (χ0v) is 14.7. The standard InChI is InChI=1S/C15H27BrN4/c1-5-8-10-20(12(4)7-3)14-13(16)11-18-15(19-14)17-9-6-2/h11-12H,5-10H2,1-4H3,(H,17,18,19). The average Bonchev–Trinajstić information content (AvgIpc) is 2.47. The Morgan fingerprint density at radius 2 is 2.05 bits per heavy atom. The van der Waals surface area contributed by atoms with Gasteiger partial charge < -0.3 is 10.2 Å². The molecule has 1 N–H and O–H groups in total. The fraction of sp³-hybridized carbons (Fsp3) is 0.733. The highest BCUT2D eigenvalue weighted by molar-refractivity contribution is 9.10. The number of halogens is 1. The summed E-state index contributed by atoms with van der Waals surface area (Å²) in [4.78, 5) is 11.4. The maximum absolute atomic E-state index is 4.69. The Hall–Kier alpha value is -0.840. The van der Waals surface area contributed by atoms with Gasteiger partial charge in [-0.2, -0.15) is 4.98 Å². The predicted octanol–water partition coefficient (Wildman–Crippen LogP) is 4.47. The molecule has 1 atom stereocenters. The fourth-order valence-corrected chi connectivity index (χ4v) is 2.38. The lowest BCUT2D eigenvalue weighted by Gasteiger charge is -2.30. The molecule has 1 rings (SSSR count). The van der Waals surface area contributed by atoms with Gasteiger partial charge in [-0.1, -0.05) is 27.2 Å². The van der Waals surface area contributed by atoms with Gasteiger partial charge in [0.25, 0.3) is 0 Å². The first kappa shape index (κ1) is 17.2. The van der Waals surface area contributed by atoms with Crippen LogP contribution in [0.15, 0.2) is 10.7 Å². The first-order valence-corrected chi connectivity index (χ1v) is 8.46. The van der Waals surface area contributed by atoms with E-state index < -0.39 is 0 Å². The van der Waals surface area contributed by atoms with E-state index in [0.29, 0.717) is 6.04 Å². The van der Waals surface area contributed by atoms with Crippen LogP contribution in [0.2, 0.25) is 0 Å². The van der Waals surface area contributed by atoms with Crippen molar-refractivity contribution in [1.29, 1.82) is 0 Å². The van der Waals surface area contributed by atoms with Gasteiger partial charge >= 0.3 is 0 Å². The number of anilines is 2. The maximum Gasteiger partial charge on any atom is 0.224 e. The molecule has 0 aliphatic carbocycles. The second-order valence-corrected chi connectivity index (χ2v) is 5.95. The molecular formula is C15H27BrN4. The summed E-state index contributed by atoms with van der Waals surface area (Å²) in [6, 6.07) is 0.478. The van der Waals surface area contributed by atoms with Crippen molar-refractivity contribution < 1.29 is 0 Å². The molecule has 0 amide bonds. The van der Waals surface area contributed by atoms with E-state index >= 15 is 0 Å². The molecule has 0 fully saturated rings. The summed E-state index contributed by atoms with van der Waals surface area (Å²) in [5.41, 5.74) is 0. The third kappa shape index (κ3) is 4.93. The molecular weight excluding hydrogens is 316 g/mol. The molecule has 1 unspecified atom stereocenters. The van der Waals surface area contributed by atoms with E-state index in [-0.39, 0.29) is 0 Å². The van der Waals surface area contributed by atoms with Crippen molar-refractivity contribution in [1.82, 2.24) is 9.97 Å². The average molecular weight is 343 g/mol. The summed E-state index contributed by atoms with van der Waals surface area (Å²) in [6.07, 6.45) is 6.40. The van der Waals surface area contributed by atoms with E-state index in [4.69, 9.17) is 0 Å². The zero-order valence-electron chi connectivity index (χ0n) is 13.1. The maximum atomic E-state index is 4.69. The SMILES string of the molecule is CCCCN(c1nc(NCCC)ncc1Br)C(C)CC. The molecule has 0 aromatic carbocycles. The van der Waals surface area contributed by atoms with Crippen LogP contribution >= 0.6 is 15.9 Å². The van der Waals surface area contributed by atoms with Gasteiger partial charge in [0.2, 0.25) is 5.95 Å². The van der Waals surface area contributed by atoms with Crippen LogP contribution in [0.3, 0.4) is 0 Å². The van der Waals surface area contributed by atoms with E-state index in [9.17, 15) is 0 Å². The summed E-state index contributed by atoms with van der Waals surface area (Å²) in [6.45, 7) is 10.8. The summed E-state index contributed by atoms with van der Waals surface area (Å²) in [5, 5.41) is 3.26. The van der Waals surface area contributed by atoms with Gasteiger partial charge in [-0.15, -0.1) is 0 Å². The summed E-state index contributed by atoms with van der Waals surface area (Å²) < 4.78 is 0.968. The number of rotatable bonds is 9. The molecule has 0 saturated carbocycles. The lowest BCUT2D eigenvalue weighted by atomic mass is 10.2. The van der Waals surface area contributed by atoms with Crippen molar-refractivity contribution in [2.75, 3.05) is 23.3 Å². The highest BCUT2D eigenvalue weighted by Gasteiger charge is 2.17. The van der Waals surface area contributed by atoms with Gasteiger partial charge in [0.05, 0.1) is 4.47 Å². The highest BCUT2D eigenvalue weighted by Crippen LogP contribution is 2.27. The van der Waals surface area contributed by atoms with Crippen LogP contribution in [0.25, 0.3) is 0 Å². The summed E-state index contributed by atoms with van der Waals surface area (Å²) >= 11 is 3.59. The minimum absolute atomic E-state index is 0.478. The van der Waals surface area contributed by atoms with E-state index in [1.54, 1.807) is 0 Å². The molecule has 20 heavy (non-hydrogen) atoms. The van der Waals surface area contributed by atoms with Crippen molar-refractivity contribution in [3.05, 3.63) is 10.7 Å². The number of nitrogens with zero attached hydrogens (tertiary/aromatic N) is 3. The molecule has 4 nitrogen and oxygen atoms in total. The first-order valence-electron chi connectivity index (χ1n) is 7.67. The topological polar surface area (TPSA) is 41.1 Å². The Bertz CT molecular complexity index is 397. The first-order chi connectivity index (χ1) is 9.63. The highest BCUT2D eigenvalue weighted by atomic mass is 79.9. The van der Waals surface area contributed by atoms with Crippen LogP contribution in [-0.2, 0) is 0 Å². The summed E-state index contributed by atoms with van der Waals surface area (Å²) in [7, 11) is 0. The second kappa shape index (κ2) is 9.16. The Balaban J connectivity index is 2.97. The van der Waals surface area contributed by atoms with Crippen molar-refractivity contribution in [2.24, 2.45) is 0 Å². The predicted molar refractivity (Wildman–Crippen MR) is 90.5 cm³/mol. The Morgan fingerprint density at radius 1 is 1.30 bits per heavy atom. The van der Waals surface area contributed by atoms with E-state index in [1.165, 1.54) is 12.8 Å². The number of unbranched alkanes of at least 4 members (excludes halogenated alkanes) is 1. The van der Waals surface area contributed by atoms with E-state index in [2.05, 4.69) is 63.8 Å². The smallest absolute Gasteiger partial charge is 0.224 e. The van der Waals surface area contributed by atoms with Crippen LogP contribution in [0, 0.1) is 0 Å².